The molecular weight excluding hydrogens is 386 g/mol. The van der Waals surface area contributed by atoms with Crippen molar-refractivity contribution in [2.75, 3.05) is 59.5 Å². The van der Waals surface area contributed by atoms with Gasteiger partial charge in [-0.15, -0.1) is 0 Å². The van der Waals surface area contributed by atoms with Gasteiger partial charge < -0.3 is 15.2 Å². The van der Waals surface area contributed by atoms with Crippen molar-refractivity contribution >= 4 is 11.9 Å². The summed E-state index contributed by atoms with van der Waals surface area (Å²) in [5, 5.41) is 0. The molecule has 0 spiro atoms. The lowest BCUT2D eigenvalue weighted by Gasteiger charge is -2.44. The second-order valence-electron chi connectivity index (χ2n) is 8.01. The third-order valence-corrected chi connectivity index (χ3v) is 5.45. The maximum Gasteiger partial charge on any atom is 0.307 e. The molecule has 30 heavy (non-hydrogen) atoms. The van der Waals surface area contributed by atoms with Gasteiger partial charge in [0.2, 0.25) is 0 Å². The van der Waals surface area contributed by atoms with Crippen molar-refractivity contribution < 1.29 is 19.1 Å². The Bertz CT molecular complexity index is 480. The average molecular weight is 430 g/mol. The fourth-order valence-electron chi connectivity index (χ4n) is 3.57. The van der Waals surface area contributed by atoms with Crippen LogP contribution in [0.3, 0.4) is 0 Å². The molecule has 0 aromatic rings. The minimum Gasteiger partial charge on any atom is -0.466 e. The quantitative estimate of drug-likeness (QED) is 0.183. The van der Waals surface area contributed by atoms with E-state index in [1.165, 1.54) is 0 Å². The molecule has 0 radical (unpaired) electrons. The molecule has 1 fully saturated rings. The maximum absolute atomic E-state index is 12.0. The summed E-state index contributed by atoms with van der Waals surface area (Å²) in [6.07, 6.45) is 4.36. The monoisotopic (exact) mass is 429 g/mol. The van der Waals surface area contributed by atoms with E-state index in [0.717, 1.165) is 45.3 Å². The fraction of sp³-hybridized carbons (Fsp3) is 0.905. The first-order chi connectivity index (χ1) is 14.5. The normalized spacial score (nSPS) is 20.3. The molecular formula is C21H43N5O4. The van der Waals surface area contributed by atoms with E-state index in [9.17, 15) is 9.59 Å². The van der Waals surface area contributed by atoms with E-state index in [4.69, 9.17) is 15.2 Å². The number of hydrogen-bond acceptors (Lipinski definition) is 9. The van der Waals surface area contributed by atoms with Crippen LogP contribution < -0.4 is 16.6 Å². The van der Waals surface area contributed by atoms with Crippen LogP contribution >= 0.6 is 0 Å². The zero-order valence-electron chi connectivity index (χ0n) is 19.2. The molecule has 0 saturated carbocycles. The van der Waals surface area contributed by atoms with Gasteiger partial charge >= 0.3 is 11.9 Å². The zero-order chi connectivity index (χ0) is 22.2. The zero-order valence-corrected chi connectivity index (χ0v) is 19.2. The Morgan fingerprint density at radius 1 is 0.900 bits per heavy atom. The van der Waals surface area contributed by atoms with Crippen LogP contribution in [0.1, 0.15) is 52.4 Å². The third-order valence-electron chi connectivity index (χ3n) is 5.45. The number of nitrogens with one attached hydrogen (secondary N) is 2. The number of nitrogens with two attached hydrogens (primary N) is 1. The number of carbonyl (C=O) groups is 2. The Hall–Kier alpha value is -1.26. The Morgan fingerprint density at radius 2 is 1.40 bits per heavy atom. The smallest absolute Gasteiger partial charge is 0.307 e. The second-order valence-corrected chi connectivity index (χ2v) is 8.01. The SMILES string of the molecule is CNNCCCCOC(=O)CCN1C[C@@H](C)N(CCC(=O)OCCCCN)C[C@@H]1C. The summed E-state index contributed by atoms with van der Waals surface area (Å²) in [5.41, 5.74) is 11.3. The van der Waals surface area contributed by atoms with E-state index in [0.29, 0.717) is 57.8 Å². The molecule has 4 N–H and O–H groups in total. The number of carbonyl (C=O) groups excluding carboxylic acids is 2. The first-order valence-corrected chi connectivity index (χ1v) is 11.4. The van der Waals surface area contributed by atoms with Crippen molar-refractivity contribution in [1.29, 1.82) is 0 Å². The van der Waals surface area contributed by atoms with Crippen molar-refractivity contribution in [3.05, 3.63) is 0 Å². The topological polar surface area (TPSA) is 109 Å². The van der Waals surface area contributed by atoms with E-state index in [1.54, 1.807) is 0 Å². The summed E-state index contributed by atoms with van der Waals surface area (Å²) < 4.78 is 10.6. The van der Waals surface area contributed by atoms with Gasteiger partial charge in [0.15, 0.2) is 0 Å². The van der Waals surface area contributed by atoms with Crippen LogP contribution in [0.4, 0.5) is 0 Å². The van der Waals surface area contributed by atoms with E-state index < -0.39 is 0 Å². The van der Waals surface area contributed by atoms with Crippen LogP contribution in [0.15, 0.2) is 0 Å². The number of esters is 2. The predicted octanol–water partition coefficient (Wildman–Crippen LogP) is 0.491. The van der Waals surface area contributed by atoms with E-state index in [2.05, 4.69) is 34.5 Å². The van der Waals surface area contributed by atoms with Crippen molar-refractivity contribution in [3.8, 4) is 0 Å². The first-order valence-electron chi connectivity index (χ1n) is 11.4. The van der Waals surface area contributed by atoms with Gasteiger partial charge in [0.25, 0.3) is 0 Å². The maximum atomic E-state index is 12.0. The van der Waals surface area contributed by atoms with Gasteiger partial charge in [-0.2, -0.15) is 0 Å². The van der Waals surface area contributed by atoms with Gasteiger partial charge in [-0.1, -0.05) is 0 Å². The average Bonchev–Trinajstić information content (AvgIpc) is 2.73. The molecule has 9 nitrogen and oxygen atoms in total. The lowest BCUT2D eigenvalue weighted by molar-refractivity contribution is -0.146. The number of piperazine rings is 1. The largest absolute Gasteiger partial charge is 0.466 e. The van der Waals surface area contributed by atoms with E-state index in [-0.39, 0.29) is 11.9 Å². The van der Waals surface area contributed by atoms with Gasteiger partial charge in [-0.25, -0.2) is 0 Å². The van der Waals surface area contributed by atoms with Gasteiger partial charge in [0, 0.05) is 44.8 Å². The fourth-order valence-corrected chi connectivity index (χ4v) is 3.57. The lowest BCUT2D eigenvalue weighted by Crippen LogP contribution is -2.56. The molecule has 1 aliphatic heterocycles. The highest BCUT2D eigenvalue weighted by Crippen LogP contribution is 2.16. The molecule has 0 aromatic heterocycles. The number of rotatable bonds is 16. The van der Waals surface area contributed by atoms with E-state index >= 15 is 0 Å². The Balaban J connectivity index is 2.19. The Kier molecular flexibility index (Phi) is 14.7. The van der Waals surface area contributed by atoms with Crippen molar-refractivity contribution in [1.82, 2.24) is 20.7 Å². The molecule has 0 aromatic carbocycles. The van der Waals surface area contributed by atoms with Gasteiger partial charge in [0.1, 0.15) is 0 Å². The summed E-state index contributed by atoms with van der Waals surface area (Å²) >= 11 is 0. The molecule has 2 atom stereocenters. The summed E-state index contributed by atoms with van der Waals surface area (Å²) in [6, 6.07) is 0.670. The van der Waals surface area contributed by atoms with Crippen molar-refractivity contribution in [2.45, 2.75) is 64.5 Å². The minimum atomic E-state index is -0.140. The molecule has 1 heterocycles. The third kappa shape index (κ3) is 11.8. The van der Waals surface area contributed by atoms with Crippen LogP contribution in [0.25, 0.3) is 0 Å². The molecule has 9 heteroatoms. The van der Waals surface area contributed by atoms with Crippen molar-refractivity contribution in [2.24, 2.45) is 5.73 Å². The molecule has 0 amide bonds. The lowest BCUT2D eigenvalue weighted by atomic mass is 10.1. The standard InChI is InChI=1S/C21H43N5O4/c1-18-17-26(13-9-21(28)30-15-7-5-11-24-23-3)19(2)16-25(18)12-8-20(27)29-14-6-4-10-22/h18-19,23-24H,4-17,22H2,1-3H3/t18-,19+/m1/s1. The number of unbranched alkanes of at least 4 members (excludes halogenated alkanes) is 2. The summed E-state index contributed by atoms with van der Waals surface area (Å²) in [6.45, 7) is 9.95. The highest BCUT2D eigenvalue weighted by molar-refractivity contribution is 5.69. The molecule has 0 bridgehead atoms. The van der Waals surface area contributed by atoms with Crippen LogP contribution in [0, 0.1) is 0 Å². The van der Waals surface area contributed by atoms with Crippen LogP contribution in [0.2, 0.25) is 0 Å². The molecule has 1 saturated heterocycles. The van der Waals surface area contributed by atoms with Crippen LogP contribution in [0.5, 0.6) is 0 Å². The summed E-state index contributed by atoms with van der Waals surface area (Å²) in [4.78, 5) is 28.5. The number of hydrogen-bond donors (Lipinski definition) is 3. The highest BCUT2D eigenvalue weighted by atomic mass is 16.5. The molecule has 0 unspecified atom stereocenters. The Labute approximate surface area is 182 Å². The summed E-state index contributed by atoms with van der Waals surface area (Å²) in [5.74, 6) is -0.268. The van der Waals surface area contributed by atoms with Crippen molar-refractivity contribution in [3.63, 3.8) is 0 Å². The predicted molar refractivity (Wildman–Crippen MR) is 118 cm³/mol. The Morgan fingerprint density at radius 3 is 1.87 bits per heavy atom. The first kappa shape index (κ1) is 26.8. The number of hydrazine groups is 1. The van der Waals surface area contributed by atoms with Gasteiger partial charge in [-0.05, 0) is 53.1 Å². The number of ether oxygens (including phenoxy) is 2. The second kappa shape index (κ2) is 16.4. The highest BCUT2D eigenvalue weighted by Gasteiger charge is 2.29. The van der Waals surface area contributed by atoms with Gasteiger partial charge in [0.05, 0.1) is 26.1 Å². The molecule has 1 aliphatic rings. The number of nitrogens with zero attached hydrogens (tertiary/aromatic N) is 2. The molecule has 176 valence electrons. The minimum absolute atomic E-state index is 0.128. The molecule has 1 rings (SSSR count). The van der Waals surface area contributed by atoms with Crippen LogP contribution in [-0.2, 0) is 19.1 Å². The molecule has 0 aliphatic carbocycles. The summed E-state index contributed by atoms with van der Waals surface area (Å²) in [7, 11) is 1.84. The van der Waals surface area contributed by atoms with Gasteiger partial charge in [-0.3, -0.25) is 30.2 Å². The van der Waals surface area contributed by atoms with Crippen LogP contribution in [-0.4, -0.2) is 93.4 Å². The van der Waals surface area contributed by atoms with E-state index in [1.807, 2.05) is 7.05 Å².